The lowest BCUT2D eigenvalue weighted by Crippen LogP contribution is -2.59. The lowest BCUT2D eigenvalue weighted by atomic mass is 9.63. The number of carboxylic acids is 1. The van der Waals surface area contributed by atoms with Crippen molar-refractivity contribution >= 4 is 35.1 Å². The normalized spacial score (nSPS) is 23.8. The largest absolute Gasteiger partial charge is 0.480 e. The first-order chi connectivity index (χ1) is 12.4. The zero-order valence-electron chi connectivity index (χ0n) is 14.8. The summed E-state index contributed by atoms with van der Waals surface area (Å²) in [6.45, 7) is 2.71. The second-order valence-electron chi connectivity index (χ2n) is 7.32. The predicted octanol–water partition coefficient (Wildman–Crippen LogP) is 3.47. The van der Waals surface area contributed by atoms with Crippen molar-refractivity contribution in [2.24, 2.45) is 0 Å². The smallest absolute Gasteiger partial charge is 0.317 e. The lowest BCUT2D eigenvalue weighted by Gasteiger charge is -2.46. The summed E-state index contributed by atoms with van der Waals surface area (Å²) in [5.74, 6) is -0.765. The van der Waals surface area contributed by atoms with E-state index in [1.807, 2.05) is 17.9 Å². The van der Waals surface area contributed by atoms with Gasteiger partial charge in [-0.1, -0.05) is 42.6 Å². The van der Waals surface area contributed by atoms with Gasteiger partial charge in [-0.25, -0.2) is 0 Å². The van der Waals surface area contributed by atoms with Crippen molar-refractivity contribution in [1.29, 1.82) is 0 Å². The molecule has 2 aliphatic rings. The number of carbonyl (C=O) groups is 2. The number of carbonyl (C=O) groups excluding carboxylic acids is 1. The van der Waals surface area contributed by atoms with Gasteiger partial charge >= 0.3 is 5.97 Å². The van der Waals surface area contributed by atoms with Crippen LogP contribution in [-0.2, 0) is 15.0 Å². The van der Waals surface area contributed by atoms with Gasteiger partial charge in [0.2, 0.25) is 5.91 Å². The van der Waals surface area contributed by atoms with Crippen LogP contribution in [0.3, 0.4) is 0 Å². The molecule has 0 saturated heterocycles. The number of hydrogen-bond donors (Lipinski definition) is 2. The van der Waals surface area contributed by atoms with Crippen molar-refractivity contribution in [3.8, 4) is 0 Å². The summed E-state index contributed by atoms with van der Waals surface area (Å²) in [5.41, 5.74) is 0.415. The number of amides is 1. The van der Waals surface area contributed by atoms with E-state index in [-0.39, 0.29) is 24.5 Å². The third-order valence-corrected chi connectivity index (χ3v) is 6.56. The maximum Gasteiger partial charge on any atom is 0.317 e. The van der Waals surface area contributed by atoms with Gasteiger partial charge in [0.1, 0.15) is 0 Å². The Balaban J connectivity index is 1.61. The average Bonchev–Trinajstić information content (AvgIpc) is 2.50. The summed E-state index contributed by atoms with van der Waals surface area (Å²) >= 11 is 12.1. The molecule has 1 aromatic rings. The molecule has 2 N–H and O–H groups in total. The Morgan fingerprint density at radius 3 is 2.46 bits per heavy atom. The number of likely N-dealkylation sites (N-methyl/N-ethyl adjacent to an activating group) is 1. The molecule has 1 amide bonds. The molecule has 0 radical (unpaired) electrons. The maximum atomic E-state index is 13.0. The van der Waals surface area contributed by atoms with Crippen LogP contribution < -0.4 is 5.32 Å². The molecule has 0 spiro atoms. The molecule has 0 bridgehead atoms. The number of halogens is 2. The Kier molecular flexibility index (Phi) is 5.80. The third kappa shape index (κ3) is 3.71. The first kappa shape index (κ1) is 19.5. The van der Waals surface area contributed by atoms with Gasteiger partial charge in [-0.3, -0.25) is 14.5 Å². The summed E-state index contributed by atoms with van der Waals surface area (Å²) in [6, 6.07) is 5.77. The van der Waals surface area contributed by atoms with Crippen molar-refractivity contribution in [2.75, 3.05) is 13.1 Å². The Morgan fingerprint density at radius 1 is 1.27 bits per heavy atom. The molecule has 0 atom stereocenters. The maximum absolute atomic E-state index is 13.0. The Hall–Kier alpha value is -1.30. The standard InChI is InChI=1S/C19H24Cl2N2O3/c1-2-23(11-17(24)25)14-9-13(10-14)22-18(26)19(6-3-7-19)12-4-5-15(20)16(21)8-12/h4-5,8,13-14H,2-3,6-7,9-11H2,1H3,(H,22,26)(H,24,25). The van der Waals surface area contributed by atoms with E-state index in [0.29, 0.717) is 16.6 Å². The van der Waals surface area contributed by atoms with Gasteiger partial charge in [0.15, 0.2) is 0 Å². The molecular formula is C19H24Cl2N2O3. The summed E-state index contributed by atoms with van der Waals surface area (Å²) < 4.78 is 0. The highest BCUT2D eigenvalue weighted by atomic mass is 35.5. The van der Waals surface area contributed by atoms with Crippen LogP contribution in [0.15, 0.2) is 18.2 Å². The van der Waals surface area contributed by atoms with Crippen LogP contribution in [0.2, 0.25) is 10.0 Å². The van der Waals surface area contributed by atoms with Crippen LogP contribution in [0, 0.1) is 0 Å². The fourth-order valence-electron chi connectivity index (χ4n) is 3.97. The van der Waals surface area contributed by atoms with Gasteiger partial charge in [-0.05, 0) is 49.9 Å². The molecule has 5 nitrogen and oxygen atoms in total. The molecule has 3 rings (SSSR count). The van der Waals surface area contributed by atoms with E-state index < -0.39 is 11.4 Å². The van der Waals surface area contributed by atoms with E-state index in [1.165, 1.54) is 0 Å². The van der Waals surface area contributed by atoms with Crippen LogP contribution in [-0.4, -0.2) is 47.1 Å². The van der Waals surface area contributed by atoms with Gasteiger partial charge in [-0.15, -0.1) is 0 Å². The number of rotatable bonds is 7. The summed E-state index contributed by atoms with van der Waals surface area (Å²) in [6.07, 6.45) is 4.23. The highest BCUT2D eigenvalue weighted by Crippen LogP contribution is 2.45. The highest BCUT2D eigenvalue weighted by molar-refractivity contribution is 6.42. The quantitative estimate of drug-likeness (QED) is 0.737. The van der Waals surface area contributed by atoms with Crippen molar-refractivity contribution in [2.45, 2.75) is 56.5 Å². The SMILES string of the molecule is CCN(CC(=O)O)C1CC(NC(=O)C2(c3ccc(Cl)c(Cl)c3)CCC2)C1. The van der Waals surface area contributed by atoms with Crippen LogP contribution in [0.1, 0.15) is 44.6 Å². The molecule has 7 heteroatoms. The third-order valence-electron chi connectivity index (χ3n) is 5.82. The highest BCUT2D eigenvalue weighted by Gasteiger charge is 2.47. The molecule has 2 aliphatic carbocycles. The minimum Gasteiger partial charge on any atom is -0.480 e. The number of hydrogen-bond acceptors (Lipinski definition) is 3. The monoisotopic (exact) mass is 398 g/mol. The zero-order valence-corrected chi connectivity index (χ0v) is 16.3. The van der Waals surface area contributed by atoms with Crippen molar-refractivity contribution in [3.63, 3.8) is 0 Å². The van der Waals surface area contributed by atoms with Gasteiger partial charge in [-0.2, -0.15) is 0 Å². The average molecular weight is 399 g/mol. The van der Waals surface area contributed by atoms with Crippen LogP contribution in [0.5, 0.6) is 0 Å². The molecule has 0 unspecified atom stereocenters. The van der Waals surface area contributed by atoms with E-state index in [1.54, 1.807) is 12.1 Å². The fraction of sp³-hybridized carbons (Fsp3) is 0.579. The number of aliphatic carboxylic acids is 1. The molecule has 142 valence electrons. The van der Waals surface area contributed by atoms with Crippen molar-refractivity contribution in [3.05, 3.63) is 33.8 Å². The number of carboxylic acid groups (broad SMARTS) is 1. The second-order valence-corrected chi connectivity index (χ2v) is 8.13. The van der Waals surface area contributed by atoms with Crippen LogP contribution in [0.4, 0.5) is 0 Å². The van der Waals surface area contributed by atoms with Crippen molar-refractivity contribution < 1.29 is 14.7 Å². The predicted molar refractivity (Wildman–Crippen MR) is 102 cm³/mol. The summed E-state index contributed by atoms with van der Waals surface area (Å²) in [4.78, 5) is 25.9. The molecule has 2 fully saturated rings. The first-order valence-corrected chi connectivity index (χ1v) is 9.83. The lowest BCUT2D eigenvalue weighted by molar-refractivity contribution is -0.140. The van der Waals surface area contributed by atoms with E-state index in [0.717, 1.165) is 37.7 Å². The summed E-state index contributed by atoms with van der Waals surface area (Å²) in [7, 11) is 0. The van der Waals surface area contributed by atoms with E-state index in [9.17, 15) is 9.59 Å². The second kappa shape index (κ2) is 7.75. The minimum atomic E-state index is -0.813. The number of benzene rings is 1. The number of nitrogens with zero attached hydrogens (tertiary/aromatic N) is 1. The van der Waals surface area contributed by atoms with E-state index >= 15 is 0 Å². The summed E-state index contributed by atoms with van der Waals surface area (Å²) in [5, 5.41) is 13.1. The van der Waals surface area contributed by atoms with Crippen LogP contribution in [0.25, 0.3) is 0 Å². The molecule has 26 heavy (non-hydrogen) atoms. The van der Waals surface area contributed by atoms with Gasteiger partial charge in [0.05, 0.1) is 22.0 Å². The molecule has 1 aromatic carbocycles. The fourth-order valence-corrected chi connectivity index (χ4v) is 4.27. The Bertz CT molecular complexity index is 700. The zero-order chi connectivity index (χ0) is 18.9. The van der Waals surface area contributed by atoms with Gasteiger partial charge < -0.3 is 10.4 Å². The van der Waals surface area contributed by atoms with Gasteiger partial charge in [0, 0.05) is 12.1 Å². The van der Waals surface area contributed by atoms with E-state index in [4.69, 9.17) is 28.3 Å². The minimum absolute atomic E-state index is 0.0480. The molecule has 0 aromatic heterocycles. The van der Waals surface area contributed by atoms with Gasteiger partial charge in [0.25, 0.3) is 0 Å². The molecule has 2 saturated carbocycles. The molecule has 0 aliphatic heterocycles. The Labute approximate surface area is 163 Å². The topological polar surface area (TPSA) is 69.6 Å². The molecular weight excluding hydrogens is 375 g/mol. The Morgan fingerprint density at radius 2 is 1.96 bits per heavy atom. The first-order valence-electron chi connectivity index (χ1n) is 9.08. The molecule has 0 heterocycles. The van der Waals surface area contributed by atoms with Crippen LogP contribution >= 0.6 is 23.2 Å². The number of nitrogens with one attached hydrogen (secondary N) is 1. The van der Waals surface area contributed by atoms with Crippen molar-refractivity contribution in [1.82, 2.24) is 10.2 Å². The van der Waals surface area contributed by atoms with E-state index in [2.05, 4.69) is 5.32 Å².